The quantitative estimate of drug-likeness (QED) is 0.119. The summed E-state index contributed by atoms with van der Waals surface area (Å²) in [6, 6.07) is 15.8. The number of nitrogens with one attached hydrogen (secondary N) is 2. The lowest BCUT2D eigenvalue weighted by Gasteiger charge is -2.35. The highest BCUT2D eigenvalue weighted by Crippen LogP contribution is 2.41. The van der Waals surface area contributed by atoms with E-state index in [1.54, 1.807) is 16.9 Å². The fourth-order valence-corrected chi connectivity index (χ4v) is 10.0. The summed E-state index contributed by atoms with van der Waals surface area (Å²) in [6.45, 7) is 18.6. The van der Waals surface area contributed by atoms with Crippen molar-refractivity contribution in [2.45, 2.75) is 111 Å². The molecule has 2 aromatic carbocycles. The summed E-state index contributed by atoms with van der Waals surface area (Å²) in [4.78, 5) is 75.2. The van der Waals surface area contributed by atoms with E-state index in [4.69, 9.17) is 9.72 Å². The van der Waals surface area contributed by atoms with Crippen LogP contribution in [0, 0.1) is 17.3 Å². The second-order valence-electron chi connectivity index (χ2n) is 19.2. The molecule has 3 N–H and O–H groups in total. The Hall–Kier alpha value is -5.86. The molecule has 0 radical (unpaired) electrons. The van der Waals surface area contributed by atoms with Gasteiger partial charge in [0.1, 0.15) is 18.1 Å². The average molecular weight is 888 g/mol. The number of carboxylic acids is 1. The molecular weight excluding hydrogens is 823 g/mol. The number of aliphatic carboxylic acids is 1. The molecular formula is C51H65N7O7. The molecule has 0 unspecified atom stereocenters. The lowest BCUT2D eigenvalue weighted by Crippen LogP contribution is -2.61. The molecule has 346 valence electrons. The van der Waals surface area contributed by atoms with Crippen molar-refractivity contribution in [1.29, 1.82) is 0 Å². The van der Waals surface area contributed by atoms with Crippen LogP contribution >= 0.6 is 0 Å². The van der Waals surface area contributed by atoms with Crippen LogP contribution in [0.4, 0.5) is 0 Å². The first-order valence-corrected chi connectivity index (χ1v) is 23.1. The maximum Gasteiger partial charge on any atom is 0.322 e. The molecule has 3 fully saturated rings. The first-order chi connectivity index (χ1) is 31.0. The Balaban J connectivity index is 1.22. The van der Waals surface area contributed by atoms with Gasteiger partial charge in [-0.15, -0.1) is 0 Å². The van der Waals surface area contributed by atoms with Gasteiger partial charge in [-0.3, -0.25) is 34.0 Å². The van der Waals surface area contributed by atoms with Crippen LogP contribution in [0.5, 0.6) is 0 Å². The highest BCUT2D eigenvalue weighted by Gasteiger charge is 2.44. The van der Waals surface area contributed by atoms with Crippen molar-refractivity contribution in [2.75, 3.05) is 33.3 Å². The molecule has 3 saturated heterocycles. The van der Waals surface area contributed by atoms with Crippen LogP contribution in [0.1, 0.15) is 90.2 Å². The Morgan fingerprint density at radius 1 is 1.02 bits per heavy atom. The number of hydrogen-bond donors (Lipinski definition) is 3. The predicted molar refractivity (Wildman–Crippen MR) is 250 cm³/mol. The van der Waals surface area contributed by atoms with E-state index in [-0.39, 0.29) is 48.8 Å². The van der Waals surface area contributed by atoms with E-state index in [0.29, 0.717) is 38.8 Å². The number of carboxylic acid groups (broad SMARTS) is 1. The van der Waals surface area contributed by atoms with Crippen LogP contribution < -0.4 is 10.7 Å². The van der Waals surface area contributed by atoms with Gasteiger partial charge in [-0.2, -0.15) is 0 Å². The lowest BCUT2D eigenvalue weighted by atomic mass is 9.85. The summed E-state index contributed by atoms with van der Waals surface area (Å²) in [5.74, 6) is -2.97. The molecule has 0 bridgehead atoms. The number of hydrogen-bond acceptors (Lipinski definition) is 8. The topological polar surface area (TPSA) is 166 Å². The highest BCUT2D eigenvalue weighted by atomic mass is 16.5. The van der Waals surface area contributed by atoms with Crippen LogP contribution in [0.15, 0.2) is 73.4 Å². The Morgan fingerprint density at radius 2 is 1.78 bits per heavy atom. The Kier molecular flexibility index (Phi) is 14.3. The minimum atomic E-state index is -1.07. The van der Waals surface area contributed by atoms with Gasteiger partial charge < -0.3 is 29.5 Å². The molecule has 65 heavy (non-hydrogen) atoms. The monoisotopic (exact) mass is 887 g/mol. The molecule has 3 aliphatic rings. The number of ether oxygens (including phenoxy) is 1. The summed E-state index contributed by atoms with van der Waals surface area (Å²) in [5.41, 5.74) is 11.0. The van der Waals surface area contributed by atoms with E-state index in [1.165, 1.54) is 16.6 Å². The second kappa shape index (κ2) is 19.7. The van der Waals surface area contributed by atoms with Gasteiger partial charge in [0.2, 0.25) is 17.7 Å². The lowest BCUT2D eigenvalue weighted by molar-refractivity contribution is -0.149. The summed E-state index contributed by atoms with van der Waals surface area (Å²) in [7, 11) is 1.70. The number of benzene rings is 2. The molecule has 3 aliphatic heterocycles. The number of pyridine rings is 1. The molecule has 0 spiro atoms. The van der Waals surface area contributed by atoms with Gasteiger partial charge in [-0.05, 0) is 110 Å². The average Bonchev–Trinajstić information content (AvgIpc) is 4.03. The predicted octanol–water partition coefficient (Wildman–Crippen LogP) is 6.57. The summed E-state index contributed by atoms with van der Waals surface area (Å²) in [6.07, 6.45) is 5.75. The van der Waals surface area contributed by atoms with E-state index in [9.17, 15) is 29.1 Å². The third-order valence-corrected chi connectivity index (χ3v) is 13.4. The van der Waals surface area contributed by atoms with Crippen LogP contribution in [0.2, 0.25) is 0 Å². The number of carbonyl (C=O) groups excluding carboxylic acids is 4. The van der Waals surface area contributed by atoms with Gasteiger partial charge in [0.05, 0.1) is 23.4 Å². The van der Waals surface area contributed by atoms with Crippen LogP contribution in [0.3, 0.4) is 0 Å². The normalized spacial score (nSPS) is 21.1. The van der Waals surface area contributed by atoms with Crippen molar-refractivity contribution < 1.29 is 33.8 Å². The number of hydrazine groups is 1. The maximum absolute atomic E-state index is 14.5. The molecule has 0 aliphatic carbocycles. The molecule has 5 heterocycles. The fourth-order valence-electron chi connectivity index (χ4n) is 10.0. The zero-order valence-corrected chi connectivity index (χ0v) is 38.9. The number of rotatable bonds is 14. The zero-order valence-electron chi connectivity index (χ0n) is 38.9. The van der Waals surface area contributed by atoms with E-state index in [0.717, 1.165) is 57.5 Å². The standard InChI is InChI=1S/C51H65N7O7/c1-9-43(59)55-24-21-36(30-55)48(61)57-25-20-31(3)45(57)47(60)53-41(49(62)58-23-13-17-40(54-58)50(63)64)27-33-14-11-15-34(26-33)35-18-19-42-38(28-35)39(29-51(5,6)7)46(56(42)10-2)37-16-12-22-52-44(37)32(4)65-8/h9,11-12,14-16,18-19,22,26,28,31-32,36,40-41,45,54H,1,10,13,17,20-21,23-25,27,29-30H2,2-8H3,(H,53,60)(H,63,64)/t31-,32-,36-,40-,41-,45-/m0/s1. The largest absolute Gasteiger partial charge is 0.480 e. The number of nitrogens with zero attached hydrogens (tertiary/aromatic N) is 5. The SMILES string of the molecule is C=CC(=O)N1CC[C@H](C(=O)N2CC[C@H](C)[C@H]2C(=O)N[C@@H](Cc2cccc(-c3ccc4c(c3)c(CC(C)(C)C)c(-c3cccnc3[C@H](C)OC)n4CC)c2)C(=O)N2CCC[C@@H](C(=O)O)N2)C1. The first kappa shape index (κ1) is 47.1. The number of fused-ring (bicyclic) bond motifs is 1. The molecule has 14 nitrogen and oxygen atoms in total. The number of methoxy groups -OCH3 is 1. The summed E-state index contributed by atoms with van der Waals surface area (Å²) >= 11 is 0. The van der Waals surface area contributed by atoms with E-state index >= 15 is 0 Å². The second-order valence-corrected chi connectivity index (χ2v) is 19.2. The Morgan fingerprint density at radius 3 is 2.49 bits per heavy atom. The van der Waals surface area contributed by atoms with Crippen molar-refractivity contribution in [3.05, 3.63) is 90.3 Å². The fraction of sp³-hybridized carbons (Fsp3) is 0.490. The van der Waals surface area contributed by atoms with Gasteiger partial charge in [-0.25, -0.2) is 5.43 Å². The summed E-state index contributed by atoms with van der Waals surface area (Å²) in [5, 5.41) is 15.3. The van der Waals surface area contributed by atoms with E-state index < -0.39 is 41.8 Å². The van der Waals surface area contributed by atoms with Crippen molar-refractivity contribution in [2.24, 2.45) is 17.3 Å². The molecule has 6 atom stereocenters. The van der Waals surface area contributed by atoms with Gasteiger partial charge in [-0.1, -0.05) is 64.6 Å². The van der Waals surface area contributed by atoms with Crippen LogP contribution in [0.25, 0.3) is 33.3 Å². The van der Waals surface area contributed by atoms with E-state index in [1.807, 2.05) is 50.4 Å². The van der Waals surface area contributed by atoms with E-state index in [2.05, 4.69) is 73.8 Å². The van der Waals surface area contributed by atoms with Crippen molar-refractivity contribution in [3.8, 4) is 22.4 Å². The Bertz CT molecular complexity index is 2460. The highest BCUT2D eigenvalue weighted by molar-refractivity contribution is 5.96. The number of amides is 4. The molecule has 2 aromatic heterocycles. The molecule has 4 amide bonds. The Labute approximate surface area is 382 Å². The summed E-state index contributed by atoms with van der Waals surface area (Å²) < 4.78 is 8.16. The van der Waals surface area contributed by atoms with Crippen molar-refractivity contribution in [3.63, 3.8) is 0 Å². The smallest absolute Gasteiger partial charge is 0.322 e. The third kappa shape index (κ3) is 10.0. The van der Waals surface area contributed by atoms with Gasteiger partial charge in [0, 0.05) is 68.9 Å². The number of aromatic nitrogens is 2. The van der Waals surface area contributed by atoms with Gasteiger partial charge >= 0.3 is 5.97 Å². The molecule has 4 aromatic rings. The first-order valence-electron chi connectivity index (χ1n) is 23.1. The van der Waals surface area contributed by atoms with Crippen molar-refractivity contribution in [1.82, 2.24) is 35.1 Å². The van der Waals surface area contributed by atoms with Crippen LogP contribution in [-0.4, -0.2) is 110 Å². The number of aryl methyl sites for hydroxylation is 1. The van der Waals surface area contributed by atoms with Gasteiger partial charge in [0.25, 0.3) is 5.91 Å². The van der Waals surface area contributed by atoms with Gasteiger partial charge in [0.15, 0.2) is 0 Å². The minimum Gasteiger partial charge on any atom is -0.480 e. The maximum atomic E-state index is 14.5. The zero-order chi connectivity index (χ0) is 46.7. The number of carbonyl (C=O) groups is 5. The minimum absolute atomic E-state index is 0.0311. The van der Waals surface area contributed by atoms with Crippen LogP contribution in [-0.2, 0) is 48.1 Å². The van der Waals surface area contributed by atoms with Crippen molar-refractivity contribution >= 4 is 40.5 Å². The third-order valence-electron chi connectivity index (χ3n) is 13.4. The molecule has 14 heteroatoms. The number of likely N-dealkylation sites (tertiary alicyclic amines) is 2. The molecule has 7 rings (SSSR count). The molecule has 0 saturated carbocycles.